The van der Waals surface area contributed by atoms with Crippen molar-refractivity contribution >= 4 is 44.2 Å². The predicted molar refractivity (Wildman–Crippen MR) is 167 cm³/mol. The SMILES string of the molecule is CC1(C)C2C=CC3(C)C1(C[C@H]1O[C@]13C)O[C@]2(C)CBr.CC1=CCC23O[C@](C)(CBr)C(C=CC12C)C3(C)C.O=C=O.O=C=O. The molecule has 9 heteroatoms. The zero-order valence-corrected chi connectivity index (χ0v) is 30.2. The minimum Gasteiger partial charge on any atom is -0.366 e. The van der Waals surface area contributed by atoms with E-state index in [-0.39, 0.29) is 62.0 Å². The first kappa shape index (κ1) is 34.7. The van der Waals surface area contributed by atoms with Crippen molar-refractivity contribution in [3.63, 3.8) is 0 Å². The number of fused-ring (bicyclic) bond motifs is 4. The summed E-state index contributed by atoms with van der Waals surface area (Å²) < 4.78 is 19.6. The van der Waals surface area contributed by atoms with E-state index in [9.17, 15) is 0 Å². The molecule has 0 N–H and O–H groups in total. The fourth-order valence-electron chi connectivity index (χ4n) is 10.5. The molecule has 4 bridgehead atoms. The molecule has 6 unspecified atom stereocenters. The highest BCUT2D eigenvalue weighted by Gasteiger charge is 2.85. The van der Waals surface area contributed by atoms with Gasteiger partial charge >= 0.3 is 12.3 Å². The quantitative estimate of drug-likeness (QED) is 0.172. The van der Waals surface area contributed by atoms with E-state index in [2.05, 4.69) is 131 Å². The molecule has 1 saturated carbocycles. The molecule has 0 aromatic rings. The number of epoxide rings is 1. The van der Waals surface area contributed by atoms with Crippen molar-refractivity contribution in [1.29, 1.82) is 0 Å². The van der Waals surface area contributed by atoms with E-state index < -0.39 is 0 Å². The second-order valence-electron chi connectivity index (χ2n) is 15.4. The van der Waals surface area contributed by atoms with Crippen molar-refractivity contribution in [2.24, 2.45) is 33.5 Å². The van der Waals surface area contributed by atoms with Crippen LogP contribution in [-0.4, -0.2) is 57.1 Å². The van der Waals surface area contributed by atoms with E-state index in [0.29, 0.717) is 17.9 Å². The van der Waals surface area contributed by atoms with Crippen LogP contribution >= 0.6 is 31.9 Å². The molecule has 7 aliphatic rings. The highest BCUT2D eigenvalue weighted by molar-refractivity contribution is 9.09. The lowest BCUT2D eigenvalue weighted by Gasteiger charge is -2.53. The average molecular weight is 727 g/mol. The number of rotatable bonds is 2. The summed E-state index contributed by atoms with van der Waals surface area (Å²) in [7, 11) is 0. The third kappa shape index (κ3) is 4.01. The standard InChI is InChI=1S/C16H23BrO2.C16H23BrO.2CO2/c1-12(2)10-6-7-14(4)15(5)11(18-15)8-16(12,14)19-13(10,3)9-17;1-11-6-9-16-13(2,3)12(7-8-14(11,16)4)15(5,10-17)18-16;2*2-1-3/h6-7,10-11H,8-9H2,1-5H3;6-8,12H,9-10H2,1-5H3;;/t10?,11-,13-,14?,15-,16?;12?,14?,15-,16?;;/m11../s1. The van der Waals surface area contributed by atoms with Gasteiger partial charge in [0.25, 0.3) is 0 Å². The fraction of sp³-hybridized carbons (Fsp3) is 0.765. The second-order valence-corrected chi connectivity index (χ2v) is 16.6. The molecular weight excluding hydrogens is 680 g/mol. The Hall–Kier alpha value is -1.18. The van der Waals surface area contributed by atoms with Crippen molar-refractivity contribution in [3.05, 3.63) is 36.0 Å². The van der Waals surface area contributed by atoms with Gasteiger partial charge < -0.3 is 14.2 Å². The van der Waals surface area contributed by atoms with Crippen LogP contribution in [0.25, 0.3) is 0 Å². The van der Waals surface area contributed by atoms with Gasteiger partial charge in [0.15, 0.2) is 0 Å². The van der Waals surface area contributed by atoms with Gasteiger partial charge in [0, 0.05) is 50.6 Å². The minimum absolute atomic E-state index is 0.00933. The van der Waals surface area contributed by atoms with Gasteiger partial charge in [-0.3, -0.25) is 0 Å². The van der Waals surface area contributed by atoms with Gasteiger partial charge in [-0.2, -0.15) is 19.2 Å². The molecule has 3 saturated heterocycles. The maximum Gasteiger partial charge on any atom is 0.373 e. The molecule has 10 atom stereocenters. The average Bonchev–Trinajstić information content (AvgIpc) is 3.39. The summed E-state index contributed by atoms with van der Waals surface area (Å²) in [5, 5.41) is 1.79. The number of ether oxygens (including phenoxy) is 3. The molecular formula is C34H46Br2O7. The summed E-state index contributed by atoms with van der Waals surface area (Å²) in [6, 6.07) is 0. The zero-order valence-electron chi connectivity index (χ0n) is 27.1. The van der Waals surface area contributed by atoms with Gasteiger partial charge in [0.2, 0.25) is 0 Å². The summed E-state index contributed by atoms with van der Waals surface area (Å²) >= 11 is 7.35. The first-order valence-electron chi connectivity index (χ1n) is 15.0. The Bertz CT molecular complexity index is 1310. The lowest BCUT2D eigenvalue weighted by molar-refractivity contribution is -0.193. The molecule has 0 radical (unpaired) electrons. The highest BCUT2D eigenvalue weighted by atomic mass is 79.9. The summed E-state index contributed by atoms with van der Waals surface area (Å²) in [6.45, 7) is 23.3. The zero-order chi connectivity index (χ0) is 32.7. The molecule has 0 aromatic carbocycles. The second kappa shape index (κ2) is 10.4. The molecule has 4 aliphatic carbocycles. The molecule has 0 aromatic heterocycles. The van der Waals surface area contributed by atoms with Crippen LogP contribution in [0.1, 0.15) is 82.1 Å². The van der Waals surface area contributed by atoms with Crippen molar-refractivity contribution in [3.8, 4) is 0 Å². The van der Waals surface area contributed by atoms with Gasteiger partial charge in [-0.25, -0.2) is 0 Å². The smallest absolute Gasteiger partial charge is 0.366 e. The summed E-state index contributed by atoms with van der Waals surface area (Å²) in [5.41, 5.74) is 1.48. The monoisotopic (exact) mass is 724 g/mol. The fourth-order valence-corrected chi connectivity index (χ4v) is 11.4. The number of hydrogen-bond donors (Lipinski definition) is 0. The summed E-state index contributed by atoms with van der Waals surface area (Å²) in [4.78, 5) is 32.5. The predicted octanol–water partition coefficient (Wildman–Crippen LogP) is 7.00. The number of halogens is 2. The molecule has 7 rings (SSSR count). The third-order valence-electron chi connectivity index (χ3n) is 13.2. The van der Waals surface area contributed by atoms with Gasteiger partial charge in [-0.05, 0) is 41.0 Å². The summed E-state index contributed by atoms with van der Waals surface area (Å²) in [6.07, 6.45) is 15.0. The molecule has 4 fully saturated rings. The van der Waals surface area contributed by atoms with E-state index in [0.717, 1.165) is 23.5 Å². The molecule has 7 nitrogen and oxygen atoms in total. The first-order chi connectivity index (χ1) is 19.7. The maximum atomic E-state index is 8.12. The van der Waals surface area contributed by atoms with E-state index >= 15 is 0 Å². The van der Waals surface area contributed by atoms with Gasteiger partial charge in [-0.15, -0.1) is 0 Å². The molecule has 43 heavy (non-hydrogen) atoms. The minimum atomic E-state index is -0.106. The normalized spacial score (nSPS) is 50.5. The highest BCUT2D eigenvalue weighted by Crippen LogP contribution is 2.78. The Morgan fingerprint density at radius 3 is 1.70 bits per heavy atom. The third-order valence-corrected chi connectivity index (χ3v) is 15.4. The van der Waals surface area contributed by atoms with Crippen LogP contribution in [0.3, 0.4) is 0 Å². The number of hydrogen-bond acceptors (Lipinski definition) is 7. The van der Waals surface area contributed by atoms with Gasteiger partial charge in [-0.1, -0.05) is 102 Å². The van der Waals surface area contributed by atoms with Crippen LogP contribution in [0.2, 0.25) is 0 Å². The van der Waals surface area contributed by atoms with E-state index in [1.807, 2.05) is 0 Å². The molecule has 2 spiro atoms. The van der Waals surface area contributed by atoms with Crippen molar-refractivity contribution in [1.82, 2.24) is 0 Å². The lowest BCUT2D eigenvalue weighted by atomic mass is 9.52. The number of carbonyl (C=O) groups excluding carboxylic acids is 4. The first-order valence-corrected chi connectivity index (χ1v) is 17.2. The number of alkyl halides is 2. The molecule has 238 valence electrons. The summed E-state index contributed by atoms with van der Waals surface area (Å²) in [5.74, 6) is 0.949. The molecule has 3 aliphatic heterocycles. The van der Waals surface area contributed by atoms with Crippen molar-refractivity contribution in [2.45, 2.75) is 116 Å². The Morgan fingerprint density at radius 1 is 0.767 bits per heavy atom. The Kier molecular flexibility index (Phi) is 8.40. The van der Waals surface area contributed by atoms with Gasteiger partial charge in [0.1, 0.15) is 5.60 Å². The van der Waals surface area contributed by atoms with Crippen LogP contribution in [-0.2, 0) is 33.4 Å². The Morgan fingerprint density at radius 2 is 1.21 bits per heavy atom. The Labute approximate surface area is 272 Å². The van der Waals surface area contributed by atoms with Crippen LogP contribution < -0.4 is 0 Å². The Balaban J connectivity index is 0.000000167. The lowest BCUT2D eigenvalue weighted by Crippen LogP contribution is -2.58. The maximum absolute atomic E-state index is 8.12. The van der Waals surface area contributed by atoms with E-state index in [1.165, 1.54) is 5.57 Å². The van der Waals surface area contributed by atoms with Crippen molar-refractivity contribution < 1.29 is 33.4 Å². The van der Waals surface area contributed by atoms with Crippen molar-refractivity contribution in [2.75, 3.05) is 10.7 Å². The van der Waals surface area contributed by atoms with Crippen LogP contribution in [0.4, 0.5) is 0 Å². The van der Waals surface area contributed by atoms with E-state index in [4.69, 9.17) is 33.4 Å². The molecule has 0 amide bonds. The van der Waals surface area contributed by atoms with Crippen LogP contribution in [0, 0.1) is 33.5 Å². The largest absolute Gasteiger partial charge is 0.373 e. The van der Waals surface area contributed by atoms with Crippen LogP contribution in [0.5, 0.6) is 0 Å². The molecule has 3 heterocycles. The topological polar surface area (TPSA) is 99.3 Å². The van der Waals surface area contributed by atoms with E-state index in [1.54, 1.807) is 0 Å². The van der Waals surface area contributed by atoms with Crippen LogP contribution in [0.15, 0.2) is 36.0 Å². The van der Waals surface area contributed by atoms with Gasteiger partial charge in [0.05, 0.1) is 28.5 Å².